The minimum absolute atomic E-state index is 0.000809. The standard InChI is InChI=1S/C36H46I6N6O16/c1-47(9-15(53)11-49)35(61)21-23(37)19(25(39)29(27(21)41)45-31(57)17(55)13-51)33(59)43-3-5-63-7-8-64-6-4-44-34(60)20-24(38)22(36(62)48(2)10-16(54)12-50)28(42)30(26(20)40)46-32(58)18(56)14-52/h15-18,49-56H,3-14H2,1-2H3,(H,43,59)(H,44,60)(H,45,57)(H,46,58). The maximum absolute atomic E-state index is 13.6. The third-order valence-corrected chi connectivity index (χ3v) is 15.0. The molecule has 0 saturated carbocycles. The number of nitrogens with zero attached hydrogens (tertiary/aromatic N) is 2. The van der Waals surface area contributed by atoms with Crippen LogP contribution in [-0.2, 0) is 19.1 Å². The summed E-state index contributed by atoms with van der Waals surface area (Å²) in [6.07, 6.45) is -6.06. The Morgan fingerprint density at radius 1 is 0.500 bits per heavy atom. The van der Waals surface area contributed by atoms with E-state index >= 15 is 0 Å². The molecule has 0 saturated heterocycles. The number of carbonyl (C=O) groups is 6. The number of amides is 6. The number of benzene rings is 2. The zero-order valence-corrected chi connectivity index (χ0v) is 46.7. The summed E-state index contributed by atoms with van der Waals surface area (Å²) < 4.78 is 12.5. The Kier molecular flexibility index (Phi) is 27.2. The van der Waals surface area contributed by atoms with Gasteiger partial charge in [0.1, 0.15) is 0 Å². The van der Waals surface area contributed by atoms with E-state index in [1.165, 1.54) is 14.1 Å². The summed E-state index contributed by atoms with van der Waals surface area (Å²) in [6, 6.07) is 0. The van der Waals surface area contributed by atoms with Gasteiger partial charge in [-0.2, -0.15) is 0 Å². The number of halogens is 6. The third-order valence-electron chi connectivity index (χ3n) is 8.48. The molecule has 0 aliphatic rings. The molecule has 2 aromatic rings. The molecule has 4 atom stereocenters. The largest absolute Gasteiger partial charge is 0.394 e. The Morgan fingerprint density at radius 3 is 1.11 bits per heavy atom. The van der Waals surface area contributed by atoms with Crippen LogP contribution in [0.3, 0.4) is 0 Å². The average molecular weight is 1580 g/mol. The van der Waals surface area contributed by atoms with Crippen LogP contribution in [0.25, 0.3) is 0 Å². The highest BCUT2D eigenvalue weighted by molar-refractivity contribution is 14.1. The van der Waals surface area contributed by atoms with Crippen LogP contribution in [0.2, 0.25) is 0 Å². The second kappa shape index (κ2) is 29.3. The predicted molar refractivity (Wildman–Crippen MR) is 279 cm³/mol. The van der Waals surface area contributed by atoms with Crippen molar-refractivity contribution in [3.63, 3.8) is 0 Å². The Labute approximate surface area is 448 Å². The summed E-state index contributed by atoms with van der Waals surface area (Å²) in [4.78, 5) is 81.6. The number of rotatable bonds is 25. The maximum atomic E-state index is 13.6. The minimum atomic E-state index is -1.79. The van der Waals surface area contributed by atoms with E-state index in [1.54, 1.807) is 0 Å². The van der Waals surface area contributed by atoms with E-state index in [0.717, 1.165) is 9.80 Å². The Hall–Kier alpha value is -0.760. The van der Waals surface area contributed by atoms with Crippen LogP contribution in [0.15, 0.2) is 0 Å². The van der Waals surface area contributed by atoms with Crippen molar-refractivity contribution in [2.75, 3.05) is 104 Å². The summed E-state index contributed by atoms with van der Waals surface area (Å²) >= 11 is 10.9. The van der Waals surface area contributed by atoms with Gasteiger partial charge in [-0.3, -0.25) is 28.8 Å². The lowest BCUT2D eigenvalue weighted by molar-refractivity contribution is -0.126. The molecule has 0 bridgehead atoms. The second-order valence-corrected chi connectivity index (χ2v) is 19.8. The number of carbonyl (C=O) groups excluding carboxylic acids is 6. The lowest BCUT2D eigenvalue weighted by atomic mass is 10.1. The van der Waals surface area contributed by atoms with Crippen LogP contribution in [0.4, 0.5) is 11.4 Å². The molecule has 6 amide bonds. The van der Waals surface area contributed by atoms with Crippen LogP contribution in [-0.4, -0.2) is 204 Å². The van der Waals surface area contributed by atoms with Crippen molar-refractivity contribution in [2.45, 2.75) is 24.4 Å². The Balaban J connectivity index is 2.10. The molecular weight excluding hydrogens is 1530 g/mol. The number of aliphatic hydroxyl groups excluding tert-OH is 8. The molecule has 2 rings (SSSR count). The Bertz CT molecular complexity index is 1880. The molecule has 0 fully saturated rings. The van der Waals surface area contributed by atoms with Gasteiger partial charge in [0, 0.05) is 47.4 Å². The quantitative estimate of drug-likeness (QED) is 0.0417. The van der Waals surface area contributed by atoms with Gasteiger partial charge in [0.2, 0.25) is 0 Å². The van der Waals surface area contributed by atoms with Gasteiger partial charge in [0.05, 0.1) is 113 Å². The zero-order valence-electron chi connectivity index (χ0n) is 33.8. The maximum Gasteiger partial charge on any atom is 0.255 e. The minimum Gasteiger partial charge on any atom is -0.394 e. The lowest BCUT2D eigenvalue weighted by Crippen LogP contribution is -2.38. The van der Waals surface area contributed by atoms with Crippen LogP contribution in [0, 0.1) is 21.4 Å². The zero-order chi connectivity index (χ0) is 48.6. The molecule has 2 aromatic carbocycles. The van der Waals surface area contributed by atoms with E-state index in [-0.39, 0.29) is 108 Å². The summed E-state index contributed by atoms with van der Waals surface area (Å²) in [5.41, 5.74) is 0.115. The van der Waals surface area contributed by atoms with Crippen molar-refractivity contribution >= 4 is 182 Å². The highest BCUT2D eigenvalue weighted by Crippen LogP contribution is 2.38. The number of anilines is 2. The molecule has 28 heteroatoms. The van der Waals surface area contributed by atoms with Crippen molar-refractivity contribution in [1.82, 2.24) is 20.4 Å². The van der Waals surface area contributed by atoms with Gasteiger partial charge >= 0.3 is 0 Å². The highest BCUT2D eigenvalue weighted by Gasteiger charge is 2.33. The van der Waals surface area contributed by atoms with Gasteiger partial charge in [-0.25, -0.2) is 0 Å². The first kappa shape index (κ1) is 59.4. The number of hydrogen-bond acceptors (Lipinski definition) is 16. The molecule has 0 heterocycles. The molecule has 12 N–H and O–H groups in total. The summed E-state index contributed by atoms with van der Waals surface area (Å²) in [5, 5.41) is 87.0. The molecule has 64 heavy (non-hydrogen) atoms. The first-order valence-electron chi connectivity index (χ1n) is 18.5. The molecule has 0 radical (unpaired) electrons. The topological polar surface area (TPSA) is 337 Å². The molecule has 4 unspecified atom stereocenters. The van der Waals surface area contributed by atoms with Crippen molar-refractivity contribution in [3.8, 4) is 0 Å². The van der Waals surface area contributed by atoms with E-state index in [9.17, 15) is 69.6 Å². The molecular formula is C36H46I6N6O16. The molecule has 0 aliphatic heterocycles. The molecule has 0 aliphatic carbocycles. The van der Waals surface area contributed by atoms with E-state index in [1.807, 2.05) is 136 Å². The fourth-order valence-electron chi connectivity index (χ4n) is 5.17. The van der Waals surface area contributed by atoms with Gasteiger partial charge in [-0.15, -0.1) is 0 Å². The van der Waals surface area contributed by atoms with E-state index < -0.39 is 86.3 Å². The molecule has 22 nitrogen and oxygen atoms in total. The molecule has 0 spiro atoms. The number of ether oxygens (including phenoxy) is 2. The van der Waals surface area contributed by atoms with E-state index in [0.29, 0.717) is 0 Å². The lowest BCUT2D eigenvalue weighted by Gasteiger charge is -2.24. The first-order chi connectivity index (χ1) is 30.1. The second-order valence-electron chi connectivity index (χ2n) is 13.3. The van der Waals surface area contributed by atoms with E-state index in [2.05, 4.69) is 21.3 Å². The highest BCUT2D eigenvalue weighted by atomic mass is 127. The van der Waals surface area contributed by atoms with Crippen molar-refractivity contribution in [1.29, 1.82) is 0 Å². The Morgan fingerprint density at radius 2 is 0.812 bits per heavy atom. The summed E-state index contributed by atoms with van der Waals surface area (Å²) in [6.45, 7) is -3.25. The SMILES string of the molecule is CN(CC(O)CO)C(=O)c1c(I)c(NC(=O)C(O)CO)c(I)c(C(=O)NCCOCCOCCNC(=O)c2c(I)c(NC(=O)C(O)CO)c(I)c(C(=O)N(C)CC(O)CO)c2I)c1I. The van der Waals surface area contributed by atoms with Gasteiger partial charge in [0.25, 0.3) is 35.4 Å². The van der Waals surface area contributed by atoms with E-state index in [4.69, 9.17) is 9.47 Å². The van der Waals surface area contributed by atoms with Crippen LogP contribution in [0.5, 0.6) is 0 Å². The molecule has 358 valence electrons. The van der Waals surface area contributed by atoms with Gasteiger partial charge in [-0.1, -0.05) is 0 Å². The van der Waals surface area contributed by atoms with Crippen molar-refractivity contribution < 1.29 is 79.1 Å². The smallest absolute Gasteiger partial charge is 0.255 e. The molecule has 0 aromatic heterocycles. The van der Waals surface area contributed by atoms with Crippen LogP contribution in [0.1, 0.15) is 41.4 Å². The first-order valence-corrected chi connectivity index (χ1v) is 25.0. The number of aliphatic hydroxyl groups is 8. The third kappa shape index (κ3) is 16.4. The van der Waals surface area contributed by atoms with Gasteiger partial charge in [0.15, 0.2) is 12.2 Å². The van der Waals surface area contributed by atoms with Crippen molar-refractivity contribution in [2.24, 2.45) is 0 Å². The van der Waals surface area contributed by atoms with Crippen LogP contribution >= 0.6 is 136 Å². The van der Waals surface area contributed by atoms with Gasteiger partial charge in [-0.05, 0) is 136 Å². The average Bonchev–Trinajstić information content (AvgIpc) is 3.25. The number of hydrogen-bond donors (Lipinski definition) is 12. The number of likely N-dealkylation sites (N-methyl/N-ethyl adjacent to an activating group) is 2. The summed E-state index contributed by atoms with van der Waals surface area (Å²) in [7, 11) is 2.77. The van der Waals surface area contributed by atoms with Gasteiger partial charge < -0.3 is 81.4 Å². The van der Waals surface area contributed by atoms with Crippen LogP contribution < -0.4 is 21.3 Å². The predicted octanol–water partition coefficient (Wildman–Crippen LogP) is -1.06. The fraction of sp³-hybridized carbons (Fsp3) is 0.500. The monoisotopic (exact) mass is 1580 g/mol. The number of nitrogens with one attached hydrogen (secondary N) is 4. The normalized spacial score (nSPS) is 13.1. The fourth-order valence-corrected chi connectivity index (χ4v) is 13.9. The van der Waals surface area contributed by atoms with Crippen molar-refractivity contribution in [3.05, 3.63) is 43.7 Å². The summed E-state index contributed by atoms with van der Waals surface area (Å²) in [5.74, 6) is -4.50.